The number of hydrogen-bond acceptors (Lipinski definition) is 3. The van der Waals surface area contributed by atoms with Gasteiger partial charge >= 0.3 is 0 Å². The summed E-state index contributed by atoms with van der Waals surface area (Å²) in [5.41, 5.74) is 0.894. The van der Waals surface area contributed by atoms with Crippen LogP contribution in [0.2, 0.25) is 0 Å². The van der Waals surface area contributed by atoms with Crippen molar-refractivity contribution < 1.29 is 9.59 Å². The molecule has 0 bridgehead atoms. The van der Waals surface area contributed by atoms with Gasteiger partial charge in [-0.15, -0.1) is 0 Å². The highest BCUT2D eigenvalue weighted by molar-refractivity contribution is 6.12. The van der Waals surface area contributed by atoms with Crippen molar-refractivity contribution >= 4 is 11.8 Å². The zero-order valence-corrected chi connectivity index (χ0v) is 9.38. The predicted octanol–water partition coefficient (Wildman–Crippen LogP) is 1.53. The van der Waals surface area contributed by atoms with Gasteiger partial charge in [-0.1, -0.05) is 13.8 Å². The lowest BCUT2D eigenvalue weighted by Crippen LogP contribution is -2.29. The Bertz CT molecular complexity index is 381. The first-order valence-corrected chi connectivity index (χ1v) is 5.20. The van der Waals surface area contributed by atoms with Gasteiger partial charge in [0.1, 0.15) is 0 Å². The van der Waals surface area contributed by atoms with Crippen LogP contribution in [0.4, 0.5) is 0 Å². The lowest BCUT2D eigenvalue weighted by atomic mass is 10.2. The molecule has 0 unspecified atom stereocenters. The van der Waals surface area contributed by atoms with Crippen LogP contribution in [0.5, 0.6) is 0 Å². The van der Waals surface area contributed by atoms with Crippen molar-refractivity contribution in [2.75, 3.05) is 0 Å². The molecule has 1 aromatic rings. The number of carbonyl (C=O) groups is 2. The first-order valence-electron chi connectivity index (χ1n) is 5.20. The average molecular weight is 218 g/mol. The molecule has 0 aliphatic carbocycles. The summed E-state index contributed by atoms with van der Waals surface area (Å²) >= 11 is 0. The fourth-order valence-corrected chi connectivity index (χ4v) is 1.26. The van der Waals surface area contributed by atoms with Crippen molar-refractivity contribution in [3.8, 4) is 0 Å². The first kappa shape index (κ1) is 12.1. The maximum atomic E-state index is 11.2. The van der Waals surface area contributed by atoms with E-state index in [4.69, 9.17) is 0 Å². The molecule has 0 saturated carbocycles. The van der Waals surface area contributed by atoms with E-state index in [0.717, 1.165) is 5.56 Å². The SMILES string of the molecule is CC.O=C1C=CC(=O)N1Cc1ccncc1. The maximum Gasteiger partial charge on any atom is 0.253 e. The lowest BCUT2D eigenvalue weighted by molar-refractivity contribution is -0.137. The van der Waals surface area contributed by atoms with Crippen molar-refractivity contribution in [2.24, 2.45) is 0 Å². The predicted molar refractivity (Wildman–Crippen MR) is 60.3 cm³/mol. The van der Waals surface area contributed by atoms with Crippen molar-refractivity contribution in [3.05, 3.63) is 42.2 Å². The monoisotopic (exact) mass is 218 g/mol. The molecule has 0 radical (unpaired) electrons. The van der Waals surface area contributed by atoms with Crippen LogP contribution in [0, 0.1) is 0 Å². The average Bonchev–Trinajstić information content (AvgIpc) is 2.65. The fraction of sp³-hybridized carbons (Fsp3) is 0.250. The van der Waals surface area contributed by atoms with Gasteiger partial charge in [0.15, 0.2) is 0 Å². The Hall–Kier alpha value is -1.97. The highest BCUT2D eigenvalue weighted by Crippen LogP contribution is 2.09. The quantitative estimate of drug-likeness (QED) is 0.707. The number of imide groups is 1. The standard InChI is InChI=1S/C10H8N2O2.C2H6/c13-9-1-2-10(14)12(9)7-8-3-5-11-6-4-8;1-2/h1-6H,7H2;1-2H3. The minimum atomic E-state index is -0.258. The zero-order chi connectivity index (χ0) is 12.0. The molecule has 0 aromatic carbocycles. The number of amides is 2. The minimum Gasteiger partial charge on any atom is -0.271 e. The second kappa shape index (κ2) is 5.80. The molecule has 84 valence electrons. The van der Waals surface area contributed by atoms with Crippen LogP contribution < -0.4 is 0 Å². The molecule has 4 heteroatoms. The minimum absolute atomic E-state index is 0.258. The Morgan fingerprint density at radius 2 is 1.56 bits per heavy atom. The Morgan fingerprint density at radius 3 is 2.06 bits per heavy atom. The number of hydrogen-bond donors (Lipinski definition) is 0. The summed E-state index contributed by atoms with van der Waals surface area (Å²) in [7, 11) is 0. The maximum absolute atomic E-state index is 11.2. The Labute approximate surface area is 94.6 Å². The third-order valence-electron chi connectivity index (χ3n) is 1.99. The van der Waals surface area contributed by atoms with Gasteiger partial charge in [0.05, 0.1) is 6.54 Å². The van der Waals surface area contributed by atoms with Crippen LogP contribution in [0.25, 0.3) is 0 Å². The summed E-state index contributed by atoms with van der Waals surface area (Å²) < 4.78 is 0. The normalized spacial score (nSPS) is 13.8. The Morgan fingerprint density at radius 1 is 1.06 bits per heavy atom. The van der Waals surface area contributed by atoms with Gasteiger partial charge in [-0.25, -0.2) is 0 Å². The molecule has 1 aliphatic rings. The third kappa shape index (κ3) is 2.76. The first-order chi connectivity index (χ1) is 7.77. The molecule has 4 nitrogen and oxygen atoms in total. The molecule has 2 heterocycles. The number of nitrogens with zero attached hydrogens (tertiary/aromatic N) is 2. The summed E-state index contributed by atoms with van der Waals surface area (Å²) in [5.74, 6) is -0.515. The van der Waals surface area contributed by atoms with Crippen molar-refractivity contribution in [1.29, 1.82) is 0 Å². The van der Waals surface area contributed by atoms with Gasteiger partial charge in [-0.2, -0.15) is 0 Å². The highest BCUT2D eigenvalue weighted by Gasteiger charge is 2.22. The van der Waals surface area contributed by atoms with E-state index in [-0.39, 0.29) is 11.8 Å². The van der Waals surface area contributed by atoms with Crippen molar-refractivity contribution in [3.63, 3.8) is 0 Å². The van der Waals surface area contributed by atoms with Crippen LogP contribution in [-0.4, -0.2) is 21.7 Å². The molecular formula is C12H14N2O2. The summed E-state index contributed by atoms with van der Waals surface area (Å²) in [4.78, 5) is 27.4. The van der Waals surface area contributed by atoms with Gasteiger partial charge < -0.3 is 0 Å². The van der Waals surface area contributed by atoms with E-state index in [1.165, 1.54) is 17.1 Å². The summed E-state index contributed by atoms with van der Waals surface area (Å²) in [6.07, 6.45) is 5.83. The van der Waals surface area contributed by atoms with Gasteiger partial charge in [0.2, 0.25) is 0 Å². The zero-order valence-electron chi connectivity index (χ0n) is 9.38. The second-order valence-electron chi connectivity index (χ2n) is 2.95. The molecule has 0 fully saturated rings. The third-order valence-corrected chi connectivity index (χ3v) is 1.99. The van der Waals surface area contributed by atoms with Gasteiger partial charge in [0.25, 0.3) is 11.8 Å². The van der Waals surface area contributed by atoms with Gasteiger partial charge in [0, 0.05) is 24.5 Å². The number of carbonyl (C=O) groups excluding carboxylic acids is 2. The Kier molecular flexibility index (Phi) is 4.39. The summed E-state index contributed by atoms with van der Waals surface area (Å²) in [6, 6.07) is 3.55. The molecule has 0 saturated heterocycles. The van der Waals surface area contributed by atoms with Gasteiger partial charge in [-0.3, -0.25) is 19.5 Å². The van der Waals surface area contributed by atoms with E-state index >= 15 is 0 Å². The van der Waals surface area contributed by atoms with E-state index in [0.29, 0.717) is 6.54 Å². The van der Waals surface area contributed by atoms with Crippen LogP contribution in [0.15, 0.2) is 36.7 Å². The molecule has 2 rings (SSSR count). The second-order valence-corrected chi connectivity index (χ2v) is 2.95. The molecule has 0 atom stereocenters. The largest absolute Gasteiger partial charge is 0.271 e. The van der Waals surface area contributed by atoms with Crippen molar-refractivity contribution in [1.82, 2.24) is 9.88 Å². The van der Waals surface area contributed by atoms with Crippen LogP contribution in [-0.2, 0) is 16.1 Å². The molecule has 1 aliphatic heterocycles. The fourth-order valence-electron chi connectivity index (χ4n) is 1.26. The molecule has 2 amide bonds. The number of pyridine rings is 1. The number of rotatable bonds is 2. The van der Waals surface area contributed by atoms with E-state index in [9.17, 15) is 9.59 Å². The van der Waals surface area contributed by atoms with E-state index in [1.54, 1.807) is 24.5 Å². The molecule has 0 spiro atoms. The van der Waals surface area contributed by atoms with Crippen LogP contribution in [0.3, 0.4) is 0 Å². The van der Waals surface area contributed by atoms with E-state index in [1.807, 2.05) is 13.8 Å². The summed E-state index contributed by atoms with van der Waals surface area (Å²) in [5, 5.41) is 0. The van der Waals surface area contributed by atoms with Gasteiger partial charge in [-0.05, 0) is 17.7 Å². The molecule has 1 aromatic heterocycles. The van der Waals surface area contributed by atoms with E-state index < -0.39 is 0 Å². The highest BCUT2D eigenvalue weighted by atomic mass is 16.2. The molecule has 0 N–H and O–H groups in total. The lowest BCUT2D eigenvalue weighted by Gasteiger charge is -2.12. The molecular weight excluding hydrogens is 204 g/mol. The van der Waals surface area contributed by atoms with Crippen molar-refractivity contribution in [2.45, 2.75) is 20.4 Å². The van der Waals surface area contributed by atoms with E-state index in [2.05, 4.69) is 4.98 Å². The smallest absolute Gasteiger partial charge is 0.253 e. The summed E-state index contributed by atoms with van der Waals surface area (Å²) in [6.45, 7) is 4.31. The van der Waals surface area contributed by atoms with Crippen LogP contribution >= 0.6 is 0 Å². The topological polar surface area (TPSA) is 50.3 Å². The Balaban J connectivity index is 0.000000606. The molecule has 16 heavy (non-hydrogen) atoms. The van der Waals surface area contributed by atoms with Crippen LogP contribution in [0.1, 0.15) is 19.4 Å². The number of aromatic nitrogens is 1.